The number of fused-ring (bicyclic) bond motifs is 1. The van der Waals surface area contributed by atoms with Crippen LogP contribution in [-0.2, 0) is 12.8 Å². The molecule has 1 aliphatic heterocycles. The highest BCUT2D eigenvalue weighted by atomic mass is 16.2. The molecule has 6 heteroatoms. The number of aromatic amines is 2. The maximum Gasteiger partial charge on any atom is 0.257 e. The zero-order valence-corrected chi connectivity index (χ0v) is 15.2. The third kappa shape index (κ3) is 3.36. The number of hydrogen-bond acceptors (Lipinski definition) is 3. The first-order valence-electron chi connectivity index (χ1n) is 9.49. The molecular formula is C20H25N5O. The summed E-state index contributed by atoms with van der Waals surface area (Å²) < 4.78 is 0. The van der Waals surface area contributed by atoms with Gasteiger partial charge in [-0.05, 0) is 37.3 Å². The maximum absolute atomic E-state index is 12.9. The van der Waals surface area contributed by atoms with Crippen molar-refractivity contribution in [2.75, 3.05) is 13.1 Å². The molecule has 0 aliphatic carbocycles. The van der Waals surface area contributed by atoms with Gasteiger partial charge in [0.2, 0.25) is 0 Å². The van der Waals surface area contributed by atoms with E-state index in [2.05, 4.69) is 28.2 Å². The molecule has 1 amide bonds. The number of H-pyrrole nitrogens is 2. The minimum atomic E-state index is 0.108. The minimum Gasteiger partial charge on any atom is -0.342 e. The fourth-order valence-corrected chi connectivity index (χ4v) is 3.90. The van der Waals surface area contributed by atoms with Crippen molar-refractivity contribution in [1.29, 1.82) is 0 Å². The molecule has 2 aromatic heterocycles. The Morgan fingerprint density at radius 1 is 1.35 bits per heavy atom. The van der Waals surface area contributed by atoms with Crippen molar-refractivity contribution in [3.8, 4) is 0 Å². The van der Waals surface area contributed by atoms with Gasteiger partial charge in [0.25, 0.3) is 5.91 Å². The molecule has 0 bridgehead atoms. The van der Waals surface area contributed by atoms with Crippen LogP contribution in [0.15, 0.2) is 30.5 Å². The van der Waals surface area contributed by atoms with E-state index in [9.17, 15) is 4.79 Å². The molecule has 136 valence electrons. The number of nitrogens with zero attached hydrogens (tertiary/aromatic N) is 3. The second-order valence-electron chi connectivity index (χ2n) is 7.18. The van der Waals surface area contributed by atoms with Gasteiger partial charge in [-0.1, -0.05) is 25.5 Å². The summed E-state index contributed by atoms with van der Waals surface area (Å²) in [5.74, 6) is 1.56. The molecule has 0 radical (unpaired) electrons. The average molecular weight is 351 g/mol. The Kier molecular flexibility index (Phi) is 4.73. The highest BCUT2D eigenvalue weighted by molar-refractivity contribution is 5.95. The Morgan fingerprint density at radius 3 is 3.08 bits per heavy atom. The van der Waals surface area contributed by atoms with E-state index in [1.54, 1.807) is 6.20 Å². The van der Waals surface area contributed by atoms with Crippen LogP contribution in [0.1, 0.15) is 48.1 Å². The summed E-state index contributed by atoms with van der Waals surface area (Å²) >= 11 is 0. The van der Waals surface area contributed by atoms with Crippen molar-refractivity contribution in [3.63, 3.8) is 0 Å². The van der Waals surface area contributed by atoms with Crippen molar-refractivity contribution in [2.24, 2.45) is 5.92 Å². The van der Waals surface area contributed by atoms with Crippen LogP contribution in [0.2, 0.25) is 0 Å². The summed E-state index contributed by atoms with van der Waals surface area (Å²) in [4.78, 5) is 23.0. The Morgan fingerprint density at radius 2 is 2.23 bits per heavy atom. The third-order valence-corrected chi connectivity index (χ3v) is 5.18. The largest absolute Gasteiger partial charge is 0.342 e. The predicted molar refractivity (Wildman–Crippen MR) is 101 cm³/mol. The van der Waals surface area contributed by atoms with Gasteiger partial charge in [0.15, 0.2) is 0 Å². The first-order valence-corrected chi connectivity index (χ1v) is 9.49. The lowest BCUT2D eigenvalue weighted by Crippen LogP contribution is -2.40. The van der Waals surface area contributed by atoms with Crippen molar-refractivity contribution in [2.45, 2.75) is 39.0 Å². The Labute approximate surface area is 153 Å². The number of hydrogen-bond donors (Lipinski definition) is 2. The standard InChI is InChI=1S/C20H25N5O/c1-2-6-16-15(12-21-24-16)20(26)25-10-5-7-14(13-25)11-19-22-17-8-3-4-9-18(17)23-19/h3-4,8-9,12,14H,2,5-7,10-11,13H2,1H3,(H,21,24)(H,22,23)/t14-/m0/s1. The van der Waals surface area contributed by atoms with E-state index in [-0.39, 0.29) is 5.91 Å². The summed E-state index contributed by atoms with van der Waals surface area (Å²) in [5, 5.41) is 7.06. The zero-order valence-electron chi connectivity index (χ0n) is 15.2. The lowest BCUT2D eigenvalue weighted by atomic mass is 9.94. The number of piperidine rings is 1. The van der Waals surface area contributed by atoms with Crippen molar-refractivity contribution >= 4 is 16.9 Å². The van der Waals surface area contributed by atoms with Crippen LogP contribution in [-0.4, -0.2) is 44.1 Å². The number of aromatic nitrogens is 4. The molecule has 0 saturated carbocycles. The van der Waals surface area contributed by atoms with Gasteiger partial charge < -0.3 is 9.88 Å². The summed E-state index contributed by atoms with van der Waals surface area (Å²) in [5.41, 5.74) is 3.77. The number of aryl methyl sites for hydroxylation is 1. The lowest BCUT2D eigenvalue weighted by Gasteiger charge is -2.32. The summed E-state index contributed by atoms with van der Waals surface area (Å²) in [7, 11) is 0. The van der Waals surface area contributed by atoms with Gasteiger partial charge in [-0.15, -0.1) is 0 Å². The molecule has 1 aromatic carbocycles. The molecule has 3 heterocycles. The van der Waals surface area contributed by atoms with Crippen molar-refractivity contribution in [3.05, 3.63) is 47.5 Å². The van der Waals surface area contributed by atoms with Crippen molar-refractivity contribution in [1.82, 2.24) is 25.1 Å². The Hall–Kier alpha value is -2.63. The van der Waals surface area contributed by atoms with E-state index in [4.69, 9.17) is 4.98 Å². The zero-order chi connectivity index (χ0) is 17.9. The number of rotatable bonds is 5. The molecule has 26 heavy (non-hydrogen) atoms. The van der Waals surface area contributed by atoms with Gasteiger partial charge in [-0.3, -0.25) is 9.89 Å². The quantitative estimate of drug-likeness (QED) is 0.740. The summed E-state index contributed by atoms with van der Waals surface area (Å²) in [6.07, 6.45) is 6.59. The normalized spacial score (nSPS) is 17.7. The highest BCUT2D eigenvalue weighted by Crippen LogP contribution is 2.23. The van der Waals surface area contributed by atoms with Gasteiger partial charge in [0.1, 0.15) is 5.82 Å². The molecule has 0 spiro atoms. The smallest absolute Gasteiger partial charge is 0.257 e. The molecule has 2 N–H and O–H groups in total. The van der Waals surface area contributed by atoms with E-state index < -0.39 is 0 Å². The second kappa shape index (κ2) is 7.32. The van der Waals surface area contributed by atoms with E-state index in [0.717, 1.165) is 73.3 Å². The van der Waals surface area contributed by atoms with Crippen molar-refractivity contribution < 1.29 is 4.79 Å². The number of carbonyl (C=O) groups is 1. The first-order chi connectivity index (χ1) is 12.7. The summed E-state index contributed by atoms with van der Waals surface area (Å²) in [6.45, 7) is 3.72. The first kappa shape index (κ1) is 16.8. The average Bonchev–Trinajstić information content (AvgIpc) is 3.28. The lowest BCUT2D eigenvalue weighted by molar-refractivity contribution is 0.0671. The SMILES string of the molecule is CCCc1[nH]ncc1C(=O)N1CCC[C@@H](Cc2nc3ccccc3[nH]2)C1. The van der Waals surface area contributed by atoms with Crippen LogP contribution in [0.4, 0.5) is 0 Å². The molecule has 1 atom stereocenters. The number of para-hydroxylation sites is 2. The van der Waals surface area contributed by atoms with E-state index in [0.29, 0.717) is 5.92 Å². The fourth-order valence-electron chi connectivity index (χ4n) is 3.90. The van der Waals surface area contributed by atoms with Crippen LogP contribution in [0.25, 0.3) is 11.0 Å². The summed E-state index contributed by atoms with van der Waals surface area (Å²) in [6, 6.07) is 8.10. The minimum absolute atomic E-state index is 0.108. The van der Waals surface area contributed by atoms with Crippen LogP contribution in [0, 0.1) is 5.92 Å². The van der Waals surface area contributed by atoms with Crippen LogP contribution in [0.3, 0.4) is 0 Å². The monoisotopic (exact) mass is 351 g/mol. The molecule has 1 fully saturated rings. The number of nitrogens with one attached hydrogen (secondary N) is 2. The fraction of sp³-hybridized carbons (Fsp3) is 0.450. The van der Waals surface area contributed by atoms with Gasteiger partial charge in [-0.2, -0.15) is 5.10 Å². The van der Waals surface area contributed by atoms with Gasteiger partial charge >= 0.3 is 0 Å². The molecule has 0 unspecified atom stereocenters. The van der Waals surface area contributed by atoms with Crippen LogP contribution < -0.4 is 0 Å². The second-order valence-corrected chi connectivity index (χ2v) is 7.18. The Bertz CT molecular complexity index is 863. The van der Waals surface area contributed by atoms with E-state index >= 15 is 0 Å². The maximum atomic E-state index is 12.9. The van der Waals surface area contributed by atoms with Gasteiger partial charge in [0.05, 0.1) is 22.8 Å². The van der Waals surface area contributed by atoms with Crippen LogP contribution >= 0.6 is 0 Å². The Balaban J connectivity index is 1.45. The topological polar surface area (TPSA) is 77.7 Å². The third-order valence-electron chi connectivity index (χ3n) is 5.18. The van der Waals surface area contributed by atoms with E-state index in [1.807, 2.05) is 23.1 Å². The van der Waals surface area contributed by atoms with Crippen LogP contribution in [0.5, 0.6) is 0 Å². The predicted octanol–water partition coefficient (Wildman–Crippen LogP) is 3.33. The van der Waals surface area contributed by atoms with E-state index in [1.165, 1.54) is 0 Å². The molecule has 3 aromatic rings. The molecule has 6 nitrogen and oxygen atoms in total. The van der Waals surface area contributed by atoms with Gasteiger partial charge in [0, 0.05) is 25.2 Å². The highest BCUT2D eigenvalue weighted by Gasteiger charge is 2.27. The molecule has 1 saturated heterocycles. The van der Waals surface area contributed by atoms with Gasteiger partial charge in [-0.25, -0.2) is 4.98 Å². The number of imidazole rings is 1. The number of amides is 1. The molecule has 4 rings (SSSR count). The molecule has 1 aliphatic rings. The number of likely N-dealkylation sites (tertiary alicyclic amines) is 1. The number of carbonyl (C=O) groups excluding carboxylic acids is 1. The number of benzene rings is 1. The molecular weight excluding hydrogens is 326 g/mol.